The highest BCUT2D eigenvalue weighted by Gasteiger charge is 2.33. The van der Waals surface area contributed by atoms with Crippen molar-refractivity contribution < 1.29 is 13.2 Å². The van der Waals surface area contributed by atoms with E-state index in [0.717, 1.165) is 16.8 Å². The normalized spacial score (nSPS) is 12.8. The Labute approximate surface area is 124 Å². The molecule has 0 saturated heterocycles. The van der Waals surface area contributed by atoms with E-state index in [9.17, 15) is 13.2 Å². The number of aromatic nitrogens is 1. The number of alkyl halides is 3. The van der Waals surface area contributed by atoms with Gasteiger partial charge in [-0.15, -0.1) is 11.3 Å². The van der Waals surface area contributed by atoms with Crippen molar-refractivity contribution in [2.45, 2.75) is 26.1 Å². The molecule has 2 aromatic rings. The third-order valence-corrected chi connectivity index (χ3v) is 3.70. The summed E-state index contributed by atoms with van der Waals surface area (Å²) in [5.41, 5.74) is -0.239. The zero-order valence-corrected chi connectivity index (χ0v) is 12.1. The van der Waals surface area contributed by atoms with Gasteiger partial charge in [-0.1, -0.05) is 0 Å². The van der Waals surface area contributed by atoms with Crippen LogP contribution in [0.2, 0.25) is 0 Å². The molecule has 2 rings (SSSR count). The first-order chi connectivity index (χ1) is 9.81. The quantitative estimate of drug-likeness (QED) is 0.907. The van der Waals surface area contributed by atoms with Crippen molar-refractivity contribution in [2.24, 2.45) is 0 Å². The molecule has 0 aliphatic heterocycles. The summed E-state index contributed by atoms with van der Waals surface area (Å²) in [6.45, 7) is 3.68. The number of hydrogen-bond donors (Lipinski definition) is 1. The fourth-order valence-corrected chi connectivity index (χ4v) is 2.58. The van der Waals surface area contributed by atoms with E-state index in [4.69, 9.17) is 5.26 Å². The van der Waals surface area contributed by atoms with Gasteiger partial charge in [0.25, 0.3) is 0 Å². The minimum atomic E-state index is -4.55. The van der Waals surface area contributed by atoms with Gasteiger partial charge in [0.1, 0.15) is 0 Å². The third-order valence-electron chi connectivity index (χ3n) is 2.91. The number of hydrogen-bond acceptors (Lipinski definition) is 4. The smallest absolute Gasteiger partial charge is 0.377 e. The summed E-state index contributed by atoms with van der Waals surface area (Å²) in [4.78, 5) is 4.29. The molecular weight excluding hydrogens is 299 g/mol. The number of nitriles is 1. The first-order valence-corrected chi connectivity index (χ1v) is 6.99. The van der Waals surface area contributed by atoms with Crippen molar-refractivity contribution in [2.75, 3.05) is 5.32 Å². The number of anilines is 1. The number of halogens is 3. The zero-order valence-electron chi connectivity index (χ0n) is 11.3. The number of thiazole rings is 1. The molecule has 21 heavy (non-hydrogen) atoms. The van der Waals surface area contributed by atoms with Gasteiger partial charge in [-0.3, -0.25) is 0 Å². The van der Waals surface area contributed by atoms with Crippen LogP contribution in [-0.2, 0) is 6.18 Å². The van der Waals surface area contributed by atoms with E-state index in [1.807, 2.05) is 19.2 Å². The fourth-order valence-electron chi connectivity index (χ4n) is 1.87. The van der Waals surface area contributed by atoms with Crippen LogP contribution in [0, 0.1) is 18.3 Å². The second-order valence-electron chi connectivity index (χ2n) is 4.53. The molecule has 3 nitrogen and oxygen atoms in total. The summed E-state index contributed by atoms with van der Waals surface area (Å²) in [6, 6.07) is 4.93. The van der Waals surface area contributed by atoms with Crippen LogP contribution in [0.15, 0.2) is 23.6 Å². The fraction of sp³-hybridized carbons (Fsp3) is 0.286. The Bertz CT molecular complexity index is 686. The Morgan fingerprint density at radius 3 is 2.62 bits per heavy atom. The standard InChI is InChI=1S/C14H12F3N3S/c1-8(13-7-21-9(2)20-13)19-11-4-3-10(6-18)12(5-11)14(15,16)17/h3-5,7-8,19H,1-2H3. The Kier molecular flexibility index (Phi) is 4.19. The van der Waals surface area contributed by atoms with Gasteiger partial charge in [-0.2, -0.15) is 18.4 Å². The van der Waals surface area contributed by atoms with Crippen molar-refractivity contribution in [3.8, 4) is 6.07 Å². The number of nitrogens with one attached hydrogen (secondary N) is 1. The lowest BCUT2D eigenvalue weighted by molar-refractivity contribution is -0.137. The zero-order chi connectivity index (χ0) is 15.6. The molecule has 0 amide bonds. The molecule has 0 radical (unpaired) electrons. The Balaban J connectivity index is 2.27. The summed E-state index contributed by atoms with van der Waals surface area (Å²) in [5, 5.41) is 14.5. The van der Waals surface area contributed by atoms with Crippen LogP contribution in [0.4, 0.5) is 18.9 Å². The van der Waals surface area contributed by atoms with E-state index in [0.29, 0.717) is 5.69 Å². The van der Waals surface area contributed by atoms with Gasteiger partial charge in [-0.05, 0) is 32.0 Å². The third kappa shape index (κ3) is 3.52. The first-order valence-electron chi connectivity index (χ1n) is 6.11. The maximum atomic E-state index is 12.9. The Morgan fingerprint density at radius 1 is 1.38 bits per heavy atom. The summed E-state index contributed by atoms with van der Waals surface area (Å²) in [5.74, 6) is 0. The molecule has 1 N–H and O–H groups in total. The molecule has 0 aliphatic rings. The predicted octanol–water partition coefficient (Wildman–Crippen LogP) is 4.52. The molecule has 0 bridgehead atoms. The van der Waals surface area contributed by atoms with E-state index in [-0.39, 0.29) is 11.6 Å². The molecule has 0 aliphatic carbocycles. The Hall–Kier alpha value is -2.07. The van der Waals surface area contributed by atoms with Crippen LogP contribution >= 0.6 is 11.3 Å². The van der Waals surface area contributed by atoms with E-state index in [1.165, 1.54) is 23.5 Å². The lowest BCUT2D eigenvalue weighted by atomic mass is 10.1. The van der Waals surface area contributed by atoms with Crippen molar-refractivity contribution >= 4 is 17.0 Å². The summed E-state index contributed by atoms with van der Waals surface area (Å²) in [7, 11) is 0. The van der Waals surface area contributed by atoms with Gasteiger partial charge in [0, 0.05) is 11.1 Å². The summed E-state index contributed by atoms with van der Waals surface area (Å²) in [6.07, 6.45) is -4.55. The highest BCUT2D eigenvalue weighted by molar-refractivity contribution is 7.09. The molecule has 1 aromatic heterocycles. The van der Waals surface area contributed by atoms with Crippen LogP contribution in [0.1, 0.15) is 34.8 Å². The predicted molar refractivity (Wildman–Crippen MR) is 75.0 cm³/mol. The van der Waals surface area contributed by atoms with Crippen molar-refractivity contribution in [3.63, 3.8) is 0 Å². The monoisotopic (exact) mass is 311 g/mol. The van der Waals surface area contributed by atoms with E-state index < -0.39 is 11.7 Å². The van der Waals surface area contributed by atoms with Crippen molar-refractivity contribution in [1.82, 2.24) is 4.98 Å². The highest BCUT2D eigenvalue weighted by Crippen LogP contribution is 2.34. The van der Waals surface area contributed by atoms with Gasteiger partial charge in [0.05, 0.1) is 33.9 Å². The minimum Gasteiger partial charge on any atom is -0.377 e. The number of nitrogens with zero attached hydrogens (tertiary/aromatic N) is 2. The number of benzene rings is 1. The van der Waals surface area contributed by atoms with Gasteiger partial charge >= 0.3 is 6.18 Å². The lowest BCUT2D eigenvalue weighted by Crippen LogP contribution is -2.11. The van der Waals surface area contributed by atoms with Gasteiger partial charge in [0.2, 0.25) is 0 Å². The topological polar surface area (TPSA) is 48.7 Å². The van der Waals surface area contributed by atoms with Gasteiger partial charge < -0.3 is 5.32 Å². The highest BCUT2D eigenvalue weighted by atomic mass is 32.1. The Morgan fingerprint density at radius 2 is 2.10 bits per heavy atom. The van der Waals surface area contributed by atoms with Crippen LogP contribution in [0.5, 0.6) is 0 Å². The first kappa shape index (κ1) is 15.3. The minimum absolute atomic E-state index is 0.219. The second kappa shape index (κ2) is 5.74. The molecule has 110 valence electrons. The molecule has 0 saturated carbocycles. The molecular formula is C14H12F3N3S. The molecule has 7 heteroatoms. The van der Waals surface area contributed by atoms with Crippen LogP contribution in [-0.4, -0.2) is 4.98 Å². The summed E-state index contributed by atoms with van der Waals surface area (Å²) >= 11 is 1.48. The molecule has 0 fully saturated rings. The average Bonchev–Trinajstić information content (AvgIpc) is 2.84. The van der Waals surface area contributed by atoms with Crippen molar-refractivity contribution in [1.29, 1.82) is 5.26 Å². The van der Waals surface area contributed by atoms with E-state index in [2.05, 4.69) is 10.3 Å². The summed E-state index contributed by atoms with van der Waals surface area (Å²) < 4.78 is 38.7. The van der Waals surface area contributed by atoms with Gasteiger partial charge in [0.15, 0.2) is 0 Å². The molecule has 0 spiro atoms. The molecule has 1 unspecified atom stereocenters. The van der Waals surface area contributed by atoms with E-state index in [1.54, 1.807) is 6.07 Å². The second-order valence-corrected chi connectivity index (χ2v) is 5.59. The lowest BCUT2D eigenvalue weighted by Gasteiger charge is -2.16. The van der Waals surface area contributed by atoms with Gasteiger partial charge in [-0.25, -0.2) is 4.98 Å². The number of rotatable bonds is 3. The largest absolute Gasteiger partial charge is 0.417 e. The molecule has 1 heterocycles. The van der Waals surface area contributed by atoms with Crippen LogP contribution in [0.25, 0.3) is 0 Å². The number of aryl methyl sites for hydroxylation is 1. The maximum Gasteiger partial charge on any atom is 0.417 e. The average molecular weight is 311 g/mol. The maximum absolute atomic E-state index is 12.9. The van der Waals surface area contributed by atoms with Crippen LogP contribution in [0.3, 0.4) is 0 Å². The molecule has 1 atom stereocenters. The van der Waals surface area contributed by atoms with E-state index >= 15 is 0 Å². The molecule has 1 aromatic carbocycles. The van der Waals surface area contributed by atoms with Crippen LogP contribution < -0.4 is 5.32 Å². The van der Waals surface area contributed by atoms with Crippen molar-refractivity contribution in [3.05, 3.63) is 45.4 Å². The SMILES string of the molecule is Cc1nc(C(C)Nc2ccc(C#N)c(C(F)(F)F)c2)cs1.